The van der Waals surface area contributed by atoms with Gasteiger partial charge in [-0.25, -0.2) is 9.18 Å². The number of likely N-dealkylation sites (tertiary alicyclic amines) is 1. The lowest BCUT2D eigenvalue weighted by Crippen LogP contribution is -2.40. The van der Waals surface area contributed by atoms with E-state index >= 15 is 0 Å². The standard InChI is InChI=1S/C12H11BrFNO3/c13-8-4-7(5-9(14)6-8)11(16)15-3-1-2-10(15)12(17)18/h4-6,10H,1-3H2,(H,17,18). The summed E-state index contributed by atoms with van der Waals surface area (Å²) in [4.78, 5) is 24.4. The van der Waals surface area contributed by atoms with E-state index in [9.17, 15) is 14.0 Å². The molecule has 4 nitrogen and oxygen atoms in total. The highest BCUT2D eigenvalue weighted by Gasteiger charge is 2.34. The van der Waals surface area contributed by atoms with Gasteiger partial charge in [0.05, 0.1) is 0 Å². The average Bonchev–Trinajstić information content (AvgIpc) is 2.75. The highest BCUT2D eigenvalue weighted by atomic mass is 79.9. The molecule has 1 heterocycles. The van der Waals surface area contributed by atoms with Gasteiger partial charge in [-0.05, 0) is 31.0 Å². The topological polar surface area (TPSA) is 57.6 Å². The molecule has 1 aliphatic heterocycles. The lowest BCUT2D eigenvalue weighted by Gasteiger charge is -2.21. The first-order valence-electron chi connectivity index (χ1n) is 5.49. The Morgan fingerprint density at radius 3 is 2.72 bits per heavy atom. The molecule has 96 valence electrons. The molecular formula is C12H11BrFNO3. The Hall–Kier alpha value is -1.43. The number of rotatable bonds is 2. The van der Waals surface area contributed by atoms with Crippen LogP contribution in [0.5, 0.6) is 0 Å². The molecule has 1 fully saturated rings. The van der Waals surface area contributed by atoms with E-state index in [0.717, 1.165) is 6.07 Å². The second-order valence-corrected chi connectivity index (χ2v) is 5.07. The van der Waals surface area contributed by atoms with Gasteiger partial charge in [0.1, 0.15) is 11.9 Å². The molecule has 1 unspecified atom stereocenters. The lowest BCUT2D eigenvalue weighted by atomic mass is 10.1. The van der Waals surface area contributed by atoms with Crippen LogP contribution in [-0.4, -0.2) is 34.5 Å². The number of carbonyl (C=O) groups excluding carboxylic acids is 1. The number of amides is 1. The van der Waals surface area contributed by atoms with Gasteiger partial charge < -0.3 is 10.0 Å². The minimum absolute atomic E-state index is 0.162. The van der Waals surface area contributed by atoms with Gasteiger partial charge in [0.25, 0.3) is 5.91 Å². The van der Waals surface area contributed by atoms with Gasteiger partial charge in [-0.3, -0.25) is 4.79 Å². The first-order chi connectivity index (χ1) is 8.49. The number of carboxylic acid groups (broad SMARTS) is 1. The second-order valence-electron chi connectivity index (χ2n) is 4.15. The molecule has 1 atom stereocenters. The predicted molar refractivity (Wildman–Crippen MR) is 65.8 cm³/mol. The quantitative estimate of drug-likeness (QED) is 0.911. The van der Waals surface area contributed by atoms with Crippen molar-refractivity contribution in [2.24, 2.45) is 0 Å². The monoisotopic (exact) mass is 315 g/mol. The molecule has 1 saturated heterocycles. The number of benzene rings is 1. The van der Waals surface area contributed by atoms with Crippen LogP contribution >= 0.6 is 15.9 Å². The molecule has 6 heteroatoms. The van der Waals surface area contributed by atoms with Gasteiger partial charge in [-0.1, -0.05) is 15.9 Å². The van der Waals surface area contributed by atoms with Crippen LogP contribution in [0.25, 0.3) is 0 Å². The van der Waals surface area contributed by atoms with Crippen LogP contribution in [0, 0.1) is 5.82 Å². The molecule has 0 saturated carbocycles. The molecule has 18 heavy (non-hydrogen) atoms. The number of nitrogens with zero attached hydrogens (tertiary/aromatic N) is 1. The van der Waals surface area contributed by atoms with Gasteiger partial charge in [-0.2, -0.15) is 0 Å². The third-order valence-corrected chi connectivity index (χ3v) is 3.37. The van der Waals surface area contributed by atoms with E-state index in [1.54, 1.807) is 0 Å². The van der Waals surface area contributed by atoms with E-state index < -0.39 is 23.7 Å². The maximum Gasteiger partial charge on any atom is 0.326 e. The Labute approximate surface area is 112 Å². The summed E-state index contributed by atoms with van der Waals surface area (Å²) in [5, 5.41) is 9.01. The number of hydrogen-bond acceptors (Lipinski definition) is 2. The maximum absolute atomic E-state index is 13.2. The van der Waals surface area contributed by atoms with E-state index in [2.05, 4.69) is 15.9 Å². The van der Waals surface area contributed by atoms with Crippen LogP contribution in [0.2, 0.25) is 0 Å². The van der Waals surface area contributed by atoms with Crippen LogP contribution in [0.15, 0.2) is 22.7 Å². The van der Waals surface area contributed by atoms with Crippen molar-refractivity contribution >= 4 is 27.8 Å². The van der Waals surface area contributed by atoms with Gasteiger partial charge in [0.2, 0.25) is 0 Å². The zero-order valence-electron chi connectivity index (χ0n) is 9.40. The van der Waals surface area contributed by atoms with Crippen molar-refractivity contribution in [2.45, 2.75) is 18.9 Å². The highest BCUT2D eigenvalue weighted by Crippen LogP contribution is 2.22. The molecule has 0 bridgehead atoms. The third kappa shape index (κ3) is 2.53. The molecule has 0 aromatic heterocycles. The molecule has 0 aliphatic carbocycles. The summed E-state index contributed by atoms with van der Waals surface area (Å²) in [6, 6.07) is 3.04. The number of aliphatic carboxylic acids is 1. The zero-order valence-corrected chi connectivity index (χ0v) is 11.0. The number of halogens is 2. The summed E-state index contributed by atoms with van der Waals surface area (Å²) in [6.45, 7) is 0.393. The first kappa shape index (κ1) is 13.0. The fourth-order valence-corrected chi connectivity index (χ4v) is 2.57. The minimum Gasteiger partial charge on any atom is -0.480 e. The van der Waals surface area contributed by atoms with E-state index in [1.807, 2.05) is 0 Å². The molecule has 1 aromatic carbocycles. The third-order valence-electron chi connectivity index (χ3n) is 2.91. The van der Waals surface area contributed by atoms with Crippen molar-refractivity contribution < 1.29 is 19.1 Å². The van der Waals surface area contributed by atoms with Crippen molar-refractivity contribution in [1.29, 1.82) is 0 Å². The zero-order chi connectivity index (χ0) is 13.3. The van der Waals surface area contributed by atoms with Gasteiger partial charge in [-0.15, -0.1) is 0 Å². The molecule has 0 radical (unpaired) electrons. The Morgan fingerprint density at radius 1 is 1.39 bits per heavy atom. The van der Waals surface area contributed by atoms with E-state index in [-0.39, 0.29) is 5.56 Å². The van der Waals surface area contributed by atoms with E-state index in [4.69, 9.17) is 5.11 Å². The SMILES string of the molecule is O=C(O)C1CCCN1C(=O)c1cc(F)cc(Br)c1. The maximum atomic E-state index is 13.2. The lowest BCUT2D eigenvalue weighted by molar-refractivity contribution is -0.141. The smallest absolute Gasteiger partial charge is 0.326 e. The molecule has 1 amide bonds. The van der Waals surface area contributed by atoms with Crippen LogP contribution in [0.1, 0.15) is 23.2 Å². The minimum atomic E-state index is -1.02. The predicted octanol–water partition coefficient (Wildman–Crippen LogP) is 2.28. The Bertz CT molecular complexity index is 486. The van der Waals surface area contributed by atoms with Crippen molar-refractivity contribution in [2.75, 3.05) is 6.54 Å². The van der Waals surface area contributed by atoms with Crippen LogP contribution in [-0.2, 0) is 4.79 Å². The number of carboxylic acids is 1. The fourth-order valence-electron chi connectivity index (χ4n) is 2.11. The second kappa shape index (κ2) is 5.06. The van der Waals surface area contributed by atoms with Gasteiger partial charge in [0, 0.05) is 16.6 Å². The molecular weight excluding hydrogens is 305 g/mol. The summed E-state index contributed by atoms with van der Waals surface area (Å²) in [5.41, 5.74) is 0.162. The van der Waals surface area contributed by atoms with Crippen LogP contribution in [0.4, 0.5) is 4.39 Å². The summed E-state index contributed by atoms with van der Waals surface area (Å²) in [5.74, 6) is -1.99. The number of carbonyl (C=O) groups is 2. The van der Waals surface area contributed by atoms with Crippen LogP contribution in [0.3, 0.4) is 0 Å². The van der Waals surface area contributed by atoms with Crippen molar-refractivity contribution in [3.8, 4) is 0 Å². The largest absolute Gasteiger partial charge is 0.480 e. The molecule has 1 N–H and O–H groups in total. The summed E-state index contributed by atoms with van der Waals surface area (Å²) < 4.78 is 13.7. The molecule has 1 aliphatic rings. The Kier molecular flexibility index (Phi) is 3.65. The van der Waals surface area contributed by atoms with Gasteiger partial charge >= 0.3 is 5.97 Å². The Morgan fingerprint density at radius 2 is 2.11 bits per heavy atom. The molecule has 1 aromatic rings. The molecule has 2 rings (SSSR count). The summed E-state index contributed by atoms with van der Waals surface area (Å²) in [6.07, 6.45) is 1.09. The fraction of sp³-hybridized carbons (Fsp3) is 0.333. The normalized spacial score (nSPS) is 19.0. The molecule has 0 spiro atoms. The van der Waals surface area contributed by atoms with E-state index in [1.165, 1.54) is 17.0 Å². The van der Waals surface area contributed by atoms with E-state index in [0.29, 0.717) is 23.9 Å². The Balaban J connectivity index is 2.28. The summed E-state index contributed by atoms with van der Waals surface area (Å²) in [7, 11) is 0. The summed E-state index contributed by atoms with van der Waals surface area (Å²) >= 11 is 3.11. The average molecular weight is 316 g/mol. The van der Waals surface area contributed by atoms with Gasteiger partial charge in [0.15, 0.2) is 0 Å². The van der Waals surface area contributed by atoms with Crippen molar-refractivity contribution in [3.05, 3.63) is 34.1 Å². The van der Waals surface area contributed by atoms with Crippen molar-refractivity contribution in [3.63, 3.8) is 0 Å². The highest BCUT2D eigenvalue weighted by molar-refractivity contribution is 9.10. The van der Waals surface area contributed by atoms with Crippen molar-refractivity contribution in [1.82, 2.24) is 4.90 Å². The van der Waals surface area contributed by atoms with Crippen LogP contribution < -0.4 is 0 Å². The first-order valence-corrected chi connectivity index (χ1v) is 6.28. The number of hydrogen-bond donors (Lipinski definition) is 1.